The maximum atomic E-state index is 13.5. The molecule has 0 aromatic heterocycles. The summed E-state index contributed by atoms with van der Waals surface area (Å²) in [5.74, 6) is -0.411. The number of nitriles is 1. The zero-order chi connectivity index (χ0) is 21.8. The van der Waals surface area contributed by atoms with Crippen LogP contribution < -0.4 is 0 Å². The Morgan fingerprint density at radius 1 is 0.967 bits per heavy atom. The van der Waals surface area contributed by atoms with Gasteiger partial charge in [-0.3, -0.25) is 4.79 Å². The monoisotopic (exact) mass is 405 g/mol. The predicted molar refractivity (Wildman–Crippen MR) is 122 cm³/mol. The minimum Gasteiger partial charge on any atom is -0.464 e. The van der Waals surface area contributed by atoms with Crippen molar-refractivity contribution < 1.29 is 9.53 Å². The zero-order valence-electron chi connectivity index (χ0n) is 18.6. The summed E-state index contributed by atoms with van der Waals surface area (Å²) in [7, 11) is 0. The Labute approximate surface area is 182 Å². The van der Waals surface area contributed by atoms with E-state index in [2.05, 4.69) is 19.9 Å². The number of ether oxygens (including phenoxy) is 1. The van der Waals surface area contributed by atoms with Crippen LogP contribution in [-0.2, 0) is 9.53 Å². The van der Waals surface area contributed by atoms with Gasteiger partial charge in [0.25, 0.3) is 0 Å². The molecule has 30 heavy (non-hydrogen) atoms. The number of esters is 1. The number of hydrogen-bond donors (Lipinski definition) is 0. The number of nitrogens with zero attached hydrogens (tertiary/aromatic N) is 1. The fraction of sp³-hybridized carbons (Fsp3) is 0.481. The van der Waals surface area contributed by atoms with Gasteiger partial charge in [0.1, 0.15) is 0 Å². The van der Waals surface area contributed by atoms with Gasteiger partial charge >= 0.3 is 5.97 Å². The van der Waals surface area contributed by atoms with Gasteiger partial charge in [-0.1, -0.05) is 107 Å². The first kappa shape index (κ1) is 23.7. The number of carbonyl (C=O) groups excluding carboxylic acids is 1. The fourth-order valence-electron chi connectivity index (χ4n) is 4.20. The minimum atomic E-state index is -1.25. The molecule has 0 aliphatic carbocycles. The Morgan fingerprint density at radius 3 is 1.97 bits per heavy atom. The smallest absolute Gasteiger partial charge is 0.327 e. The summed E-state index contributed by atoms with van der Waals surface area (Å²) in [5, 5.41) is 10.4. The molecule has 0 amide bonds. The predicted octanol–water partition coefficient (Wildman–Crippen LogP) is 6.89. The number of rotatable bonds is 12. The summed E-state index contributed by atoms with van der Waals surface area (Å²) in [6.07, 6.45) is 5.47. The summed E-state index contributed by atoms with van der Waals surface area (Å²) >= 11 is 0. The van der Waals surface area contributed by atoms with Gasteiger partial charge in [-0.15, -0.1) is 0 Å². The topological polar surface area (TPSA) is 50.1 Å². The molecule has 0 fully saturated rings. The lowest BCUT2D eigenvalue weighted by atomic mass is 9.67. The van der Waals surface area contributed by atoms with Crippen LogP contribution in [0.15, 0.2) is 60.7 Å². The Kier molecular flexibility index (Phi) is 9.61. The Bertz CT molecular complexity index is 757. The molecule has 0 saturated heterocycles. The molecule has 2 unspecified atom stereocenters. The normalized spacial score (nSPS) is 14.0. The van der Waals surface area contributed by atoms with Gasteiger partial charge in [-0.05, 0) is 29.9 Å². The molecule has 3 heteroatoms. The van der Waals surface area contributed by atoms with Crippen molar-refractivity contribution in [3.63, 3.8) is 0 Å². The first-order chi connectivity index (χ1) is 14.6. The molecule has 2 aromatic rings. The van der Waals surface area contributed by atoms with E-state index in [1.54, 1.807) is 0 Å². The first-order valence-corrected chi connectivity index (χ1v) is 11.3. The van der Waals surface area contributed by atoms with Crippen LogP contribution in [-0.4, -0.2) is 12.6 Å². The van der Waals surface area contributed by atoms with Gasteiger partial charge in [0.2, 0.25) is 0 Å². The van der Waals surface area contributed by atoms with Crippen molar-refractivity contribution in [1.82, 2.24) is 0 Å². The molecule has 0 bridgehead atoms. The molecule has 160 valence electrons. The molecule has 0 spiro atoms. The molecule has 0 aliphatic heterocycles. The highest BCUT2D eigenvalue weighted by Gasteiger charge is 2.48. The van der Waals surface area contributed by atoms with Crippen LogP contribution in [0.3, 0.4) is 0 Å². The number of unbranched alkanes of at least 4 members (excludes halogenated alkanes) is 1. The highest BCUT2D eigenvalue weighted by molar-refractivity contribution is 5.82. The van der Waals surface area contributed by atoms with E-state index < -0.39 is 5.41 Å². The lowest BCUT2D eigenvalue weighted by Crippen LogP contribution is -2.39. The largest absolute Gasteiger partial charge is 0.464 e. The third-order valence-corrected chi connectivity index (χ3v) is 5.96. The van der Waals surface area contributed by atoms with Crippen LogP contribution in [0.4, 0.5) is 0 Å². The number of hydrogen-bond acceptors (Lipinski definition) is 3. The van der Waals surface area contributed by atoms with E-state index in [0.717, 1.165) is 43.2 Å². The van der Waals surface area contributed by atoms with Gasteiger partial charge in [-0.2, -0.15) is 5.26 Å². The summed E-state index contributed by atoms with van der Waals surface area (Å²) in [6, 6.07) is 22.2. The Balaban J connectivity index is 2.42. The Hall–Kier alpha value is -2.60. The summed E-state index contributed by atoms with van der Waals surface area (Å²) < 4.78 is 5.86. The molecule has 3 nitrogen and oxygen atoms in total. The van der Waals surface area contributed by atoms with Crippen LogP contribution in [0.5, 0.6) is 0 Å². The van der Waals surface area contributed by atoms with E-state index >= 15 is 0 Å². The lowest BCUT2D eigenvalue weighted by Gasteiger charge is -2.34. The number of carbonyl (C=O) groups is 1. The molecule has 0 aliphatic rings. The highest BCUT2D eigenvalue weighted by atomic mass is 16.5. The van der Waals surface area contributed by atoms with Crippen molar-refractivity contribution in [3.8, 4) is 6.07 Å². The fourth-order valence-corrected chi connectivity index (χ4v) is 4.20. The van der Waals surface area contributed by atoms with Crippen LogP contribution in [0.1, 0.15) is 76.3 Å². The molecule has 0 N–H and O–H groups in total. The van der Waals surface area contributed by atoms with Gasteiger partial charge < -0.3 is 4.74 Å². The average molecular weight is 406 g/mol. The molecular weight excluding hydrogens is 370 g/mol. The zero-order valence-corrected chi connectivity index (χ0v) is 18.6. The van der Waals surface area contributed by atoms with E-state index in [1.165, 1.54) is 0 Å². The molecule has 2 aromatic carbocycles. The third-order valence-electron chi connectivity index (χ3n) is 5.96. The lowest BCUT2D eigenvalue weighted by molar-refractivity contribution is -0.155. The van der Waals surface area contributed by atoms with Crippen LogP contribution in [0.2, 0.25) is 0 Å². The average Bonchev–Trinajstić information content (AvgIpc) is 2.80. The molecule has 2 rings (SSSR count). The van der Waals surface area contributed by atoms with Crippen LogP contribution in [0, 0.1) is 22.7 Å². The molecule has 2 atom stereocenters. The van der Waals surface area contributed by atoms with E-state index in [0.29, 0.717) is 18.9 Å². The van der Waals surface area contributed by atoms with Crippen molar-refractivity contribution in [2.75, 3.05) is 6.61 Å². The third kappa shape index (κ3) is 5.72. The highest BCUT2D eigenvalue weighted by Crippen LogP contribution is 2.45. The second-order valence-corrected chi connectivity index (χ2v) is 8.10. The van der Waals surface area contributed by atoms with E-state index in [4.69, 9.17) is 4.74 Å². The minimum absolute atomic E-state index is 0.346. The van der Waals surface area contributed by atoms with Crippen LogP contribution in [0.25, 0.3) is 0 Å². The first-order valence-electron chi connectivity index (χ1n) is 11.3. The van der Waals surface area contributed by atoms with E-state index in [1.807, 2.05) is 67.6 Å². The van der Waals surface area contributed by atoms with Crippen molar-refractivity contribution in [2.24, 2.45) is 11.3 Å². The standard InChI is InChI=1S/C27H35NO2/c1-4-7-14-22(6-3)20-30-26(29)27(21-28,19-5-2)25(23-15-10-8-11-16-23)24-17-12-9-13-18-24/h8-13,15-18,22,25H,4-7,14,19-20H2,1-3H3. The second kappa shape index (κ2) is 12.2. The SMILES string of the molecule is CCCCC(CC)COC(=O)C(C#N)(CCC)C(c1ccccc1)c1ccccc1. The maximum absolute atomic E-state index is 13.5. The molecule has 0 saturated carbocycles. The maximum Gasteiger partial charge on any atom is 0.327 e. The second-order valence-electron chi connectivity index (χ2n) is 8.10. The van der Waals surface area contributed by atoms with Gasteiger partial charge in [0, 0.05) is 5.92 Å². The quantitative estimate of drug-likeness (QED) is 0.361. The van der Waals surface area contributed by atoms with Crippen molar-refractivity contribution in [3.05, 3.63) is 71.8 Å². The molecule has 0 heterocycles. The van der Waals surface area contributed by atoms with Crippen molar-refractivity contribution in [2.45, 2.75) is 65.2 Å². The summed E-state index contributed by atoms with van der Waals surface area (Å²) in [4.78, 5) is 13.5. The van der Waals surface area contributed by atoms with Crippen molar-refractivity contribution in [1.29, 1.82) is 5.26 Å². The van der Waals surface area contributed by atoms with Crippen LogP contribution >= 0.6 is 0 Å². The summed E-state index contributed by atoms with van der Waals surface area (Å²) in [6.45, 7) is 6.71. The summed E-state index contributed by atoms with van der Waals surface area (Å²) in [5.41, 5.74) is 0.683. The van der Waals surface area contributed by atoms with Gasteiger partial charge in [0.15, 0.2) is 5.41 Å². The van der Waals surface area contributed by atoms with Crippen molar-refractivity contribution >= 4 is 5.97 Å². The van der Waals surface area contributed by atoms with Gasteiger partial charge in [0.05, 0.1) is 12.7 Å². The number of benzene rings is 2. The Morgan fingerprint density at radius 2 is 1.53 bits per heavy atom. The van der Waals surface area contributed by atoms with E-state index in [9.17, 15) is 10.1 Å². The van der Waals surface area contributed by atoms with E-state index in [-0.39, 0.29) is 11.9 Å². The molecular formula is C27H35NO2. The van der Waals surface area contributed by atoms with Gasteiger partial charge in [-0.25, -0.2) is 0 Å². The molecule has 0 radical (unpaired) electrons.